The van der Waals surface area contributed by atoms with Crippen LogP contribution >= 0.6 is 0 Å². The molecule has 1 heterocycles. The summed E-state index contributed by atoms with van der Waals surface area (Å²) in [5, 5.41) is 6.04. The summed E-state index contributed by atoms with van der Waals surface area (Å²) in [7, 11) is 1.81. The van der Waals surface area contributed by atoms with Crippen LogP contribution in [0.5, 0.6) is 0 Å². The molecule has 92 valence electrons. The van der Waals surface area contributed by atoms with Crippen LogP contribution in [0, 0.1) is 6.92 Å². The molecule has 1 aliphatic carbocycles. The molecule has 0 radical (unpaired) electrons. The van der Waals surface area contributed by atoms with Crippen LogP contribution < -0.4 is 10.6 Å². The van der Waals surface area contributed by atoms with E-state index >= 15 is 0 Å². The van der Waals surface area contributed by atoms with E-state index in [1.165, 1.54) is 12.8 Å². The maximum atomic E-state index is 12.1. The molecule has 1 fully saturated rings. The molecule has 0 spiro atoms. The molecule has 0 aliphatic heterocycles. The van der Waals surface area contributed by atoms with E-state index in [2.05, 4.69) is 15.6 Å². The van der Waals surface area contributed by atoms with Gasteiger partial charge in [-0.2, -0.15) is 0 Å². The second-order valence-electron chi connectivity index (χ2n) is 4.59. The lowest BCUT2D eigenvalue weighted by Crippen LogP contribution is -2.32. The highest BCUT2D eigenvalue weighted by Crippen LogP contribution is 2.18. The zero-order valence-electron chi connectivity index (χ0n) is 10.4. The number of amides is 1. The van der Waals surface area contributed by atoms with Gasteiger partial charge in [-0.25, -0.2) is 4.98 Å². The lowest BCUT2D eigenvalue weighted by Gasteiger charge is -2.12. The van der Waals surface area contributed by atoms with Gasteiger partial charge in [0.05, 0.1) is 0 Å². The molecule has 0 saturated heterocycles. The van der Waals surface area contributed by atoms with Gasteiger partial charge in [-0.1, -0.05) is 12.8 Å². The molecule has 4 heteroatoms. The summed E-state index contributed by atoms with van der Waals surface area (Å²) in [5.41, 5.74) is 1.54. The van der Waals surface area contributed by atoms with Crippen molar-refractivity contribution >= 4 is 11.7 Å². The summed E-state index contributed by atoms with van der Waals surface area (Å²) in [4.78, 5) is 16.3. The molecule has 17 heavy (non-hydrogen) atoms. The molecule has 1 aliphatic rings. The minimum Gasteiger partial charge on any atom is -0.373 e. The Balaban J connectivity index is 2.09. The molecule has 2 rings (SSSR count). The van der Waals surface area contributed by atoms with Crippen LogP contribution in [0.4, 0.5) is 5.82 Å². The fourth-order valence-corrected chi connectivity index (χ4v) is 2.27. The number of pyridine rings is 1. The van der Waals surface area contributed by atoms with Crippen LogP contribution in [0.1, 0.15) is 41.7 Å². The standard InChI is InChI=1S/C13H19N3O/c1-9-7-10(8-12(14-2)15-9)13(17)16-11-5-3-4-6-11/h7-8,11H,3-6H2,1-2H3,(H,14,15)(H,16,17). The fraction of sp³-hybridized carbons (Fsp3) is 0.538. The first kappa shape index (κ1) is 11.9. The van der Waals surface area contributed by atoms with Crippen molar-refractivity contribution in [1.29, 1.82) is 0 Å². The molecule has 0 aromatic carbocycles. The van der Waals surface area contributed by atoms with Gasteiger partial charge in [0.15, 0.2) is 0 Å². The summed E-state index contributed by atoms with van der Waals surface area (Å²) in [6, 6.07) is 3.97. The van der Waals surface area contributed by atoms with E-state index < -0.39 is 0 Å². The number of carbonyl (C=O) groups is 1. The van der Waals surface area contributed by atoms with Crippen molar-refractivity contribution in [2.75, 3.05) is 12.4 Å². The predicted molar refractivity (Wildman–Crippen MR) is 68.2 cm³/mol. The van der Waals surface area contributed by atoms with Gasteiger partial charge in [0, 0.05) is 24.3 Å². The Kier molecular flexibility index (Phi) is 3.61. The minimum absolute atomic E-state index is 0.0129. The average Bonchev–Trinajstić information content (AvgIpc) is 2.81. The molecule has 0 unspecified atom stereocenters. The first-order chi connectivity index (χ1) is 8.19. The number of hydrogen-bond donors (Lipinski definition) is 2. The minimum atomic E-state index is 0.0129. The summed E-state index contributed by atoms with van der Waals surface area (Å²) < 4.78 is 0. The lowest BCUT2D eigenvalue weighted by atomic mass is 10.2. The SMILES string of the molecule is CNc1cc(C(=O)NC2CCCC2)cc(C)n1. The number of nitrogens with one attached hydrogen (secondary N) is 2. The van der Waals surface area contributed by atoms with E-state index in [1.807, 2.05) is 13.0 Å². The quantitative estimate of drug-likeness (QED) is 0.840. The Bertz CT molecular complexity index is 411. The number of anilines is 1. The zero-order valence-corrected chi connectivity index (χ0v) is 10.4. The molecule has 1 amide bonds. The van der Waals surface area contributed by atoms with Gasteiger partial charge in [-0.05, 0) is 31.9 Å². The molecule has 1 saturated carbocycles. The Morgan fingerprint density at radius 2 is 2.06 bits per heavy atom. The average molecular weight is 233 g/mol. The van der Waals surface area contributed by atoms with E-state index in [0.717, 1.165) is 24.4 Å². The van der Waals surface area contributed by atoms with E-state index in [4.69, 9.17) is 0 Å². The highest BCUT2D eigenvalue weighted by Gasteiger charge is 2.18. The van der Waals surface area contributed by atoms with Crippen LogP contribution in [0.15, 0.2) is 12.1 Å². The maximum absolute atomic E-state index is 12.1. The Labute approximate surface area is 102 Å². The molecular weight excluding hydrogens is 214 g/mol. The number of hydrogen-bond acceptors (Lipinski definition) is 3. The number of aromatic nitrogens is 1. The van der Waals surface area contributed by atoms with Crippen molar-refractivity contribution in [3.8, 4) is 0 Å². The van der Waals surface area contributed by atoms with Crippen molar-refractivity contribution in [1.82, 2.24) is 10.3 Å². The van der Waals surface area contributed by atoms with E-state index in [-0.39, 0.29) is 5.91 Å². The summed E-state index contributed by atoms with van der Waals surface area (Å²) >= 11 is 0. The third-order valence-electron chi connectivity index (χ3n) is 3.16. The normalized spacial score (nSPS) is 15.9. The fourth-order valence-electron chi connectivity index (χ4n) is 2.27. The Morgan fingerprint density at radius 3 is 2.71 bits per heavy atom. The molecule has 1 aromatic heterocycles. The van der Waals surface area contributed by atoms with Gasteiger partial charge >= 0.3 is 0 Å². The smallest absolute Gasteiger partial charge is 0.251 e. The molecular formula is C13H19N3O. The first-order valence-electron chi connectivity index (χ1n) is 6.16. The molecule has 2 N–H and O–H groups in total. The van der Waals surface area contributed by atoms with Gasteiger partial charge < -0.3 is 10.6 Å². The second kappa shape index (κ2) is 5.17. The van der Waals surface area contributed by atoms with Gasteiger partial charge in [0.1, 0.15) is 5.82 Å². The van der Waals surface area contributed by atoms with Gasteiger partial charge in [0.25, 0.3) is 5.91 Å². The molecule has 0 atom stereocenters. The Morgan fingerprint density at radius 1 is 1.35 bits per heavy atom. The maximum Gasteiger partial charge on any atom is 0.251 e. The second-order valence-corrected chi connectivity index (χ2v) is 4.59. The van der Waals surface area contributed by atoms with Crippen LogP contribution in [-0.2, 0) is 0 Å². The highest BCUT2D eigenvalue weighted by molar-refractivity contribution is 5.95. The monoisotopic (exact) mass is 233 g/mol. The molecule has 1 aromatic rings. The van der Waals surface area contributed by atoms with Crippen molar-refractivity contribution < 1.29 is 4.79 Å². The van der Waals surface area contributed by atoms with Crippen molar-refractivity contribution in [3.63, 3.8) is 0 Å². The van der Waals surface area contributed by atoms with Gasteiger partial charge in [-0.3, -0.25) is 4.79 Å². The largest absolute Gasteiger partial charge is 0.373 e. The van der Waals surface area contributed by atoms with Crippen LogP contribution in [0.2, 0.25) is 0 Å². The van der Waals surface area contributed by atoms with Crippen molar-refractivity contribution in [2.24, 2.45) is 0 Å². The van der Waals surface area contributed by atoms with E-state index in [1.54, 1.807) is 13.1 Å². The van der Waals surface area contributed by atoms with Crippen LogP contribution in [-0.4, -0.2) is 24.0 Å². The van der Waals surface area contributed by atoms with Crippen molar-refractivity contribution in [3.05, 3.63) is 23.4 Å². The third kappa shape index (κ3) is 2.96. The van der Waals surface area contributed by atoms with E-state index in [0.29, 0.717) is 11.6 Å². The molecule has 0 bridgehead atoms. The van der Waals surface area contributed by atoms with Crippen LogP contribution in [0.3, 0.4) is 0 Å². The predicted octanol–water partition coefficient (Wildman–Crippen LogP) is 2.10. The van der Waals surface area contributed by atoms with Gasteiger partial charge in [0.2, 0.25) is 0 Å². The lowest BCUT2D eigenvalue weighted by molar-refractivity contribution is 0.0937. The van der Waals surface area contributed by atoms with Crippen molar-refractivity contribution in [2.45, 2.75) is 38.6 Å². The third-order valence-corrected chi connectivity index (χ3v) is 3.16. The number of carbonyl (C=O) groups excluding carboxylic acids is 1. The topological polar surface area (TPSA) is 54.0 Å². The highest BCUT2D eigenvalue weighted by atomic mass is 16.1. The Hall–Kier alpha value is -1.58. The number of nitrogens with zero attached hydrogens (tertiary/aromatic N) is 1. The molecule has 4 nitrogen and oxygen atoms in total. The van der Waals surface area contributed by atoms with E-state index in [9.17, 15) is 4.79 Å². The van der Waals surface area contributed by atoms with Crippen LogP contribution in [0.25, 0.3) is 0 Å². The summed E-state index contributed by atoms with van der Waals surface area (Å²) in [5.74, 6) is 0.750. The summed E-state index contributed by atoms with van der Waals surface area (Å²) in [6.45, 7) is 1.90. The number of aryl methyl sites for hydroxylation is 1. The number of rotatable bonds is 3. The van der Waals surface area contributed by atoms with Gasteiger partial charge in [-0.15, -0.1) is 0 Å². The summed E-state index contributed by atoms with van der Waals surface area (Å²) in [6.07, 6.45) is 4.66. The zero-order chi connectivity index (χ0) is 12.3. The first-order valence-corrected chi connectivity index (χ1v) is 6.16.